The number of carbonyl (C=O) groups is 1. The molecule has 5 rings (SSSR count). The van der Waals surface area contributed by atoms with E-state index in [1.54, 1.807) is 13.3 Å². The number of anilines is 5. The monoisotopic (exact) mass is 432 g/mol. The van der Waals surface area contributed by atoms with Gasteiger partial charge in [0.25, 0.3) is 0 Å². The quantitative estimate of drug-likeness (QED) is 0.496. The third-order valence-corrected chi connectivity index (χ3v) is 5.73. The van der Waals surface area contributed by atoms with Gasteiger partial charge in [-0.05, 0) is 31.0 Å². The van der Waals surface area contributed by atoms with Crippen LogP contribution in [0.3, 0.4) is 0 Å². The van der Waals surface area contributed by atoms with E-state index in [0.29, 0.717) is 28.8 Å². The first-order valence-electron chi connectivity index (χ1n) is 10.5. The fourth-order valence-corrected chi connectivity index (χ4v) is 4.04. The number of methoxy groups -OCH3 is 1. The van der Waals surface area contributed by atoms with Crippen molar-refractivity contribution in [3.63, 3.8) is 0 Å². The second kappa shape index (κ2) is 8.35. The van der Waals surface area contributed by atoms with Gasteiger partial charge in [0.05, 0.1) is 36.5 Å². The minimum Gasteiger partial charge on any atom is -0.494 e. The molecule has 0 aliphatic carbocycles. The van der Waals surface area contributed by atoms with Crippen LogP contribution in [0, 0.1) is 0 Å². The number of ether oxygens (including phenoxy) is 1. The first-order valence-corrected chi connectivity index (χ1v) is 10.5. The Balaban J connectivity index is 1.44. The number of fused-ring (bicyclic) bond motifs is 3. The van der Waals surface area contributed by atoms with E-state index in [2.05, 4.69) is 30.8 Å². The Hall–Kier alpha value is -3.85. The zero-order valence-corrected chi connectivity index (χ0v) is 17.6. The van der Waals surface area contributed by atoms with E-state index in [9.17, 15) is 9.90 Å². The van der Waals surface area contributed by atoms with E-state index >= 15 is 0 Å². The van der Waals surface area contributed by atoms with Crippen molar-refractivity contribution in [3.8, 4) is 17.0 Å². The van der Waals surface area contributed by atoms with Gasteiger partial charge in [-0.25, -0.2) is 14.8 Å². The van der Waals surface area contributed by atoms with Gasteiger partial charge in [0.15, 0.2) is 0 Å². The first-order chi connectivity index (χ1) is 15.6. The third kappa shape index (κ3) is 3.90. The molecule has 0 spiro atoms. The molecule has 4 N–H and O–H groups in total. The van der Waals surface area contributed by atoms with Crippen molar-refractivity contribution in [2.24, 2.45) is 0 Å². The third-order valence-electron chi connectivity index (χ3n) is 5.73. The summed E-state index contributed by atoms with van der Waals surface area (Å²) in [4.78, 5) is 23.4. The molecular weight excluding hydrogens is 408 g/mol. The highest BCUT2D eigenvalue weighted by Crippen LogP contribution is 2.36. The van der Waals surface area contributed by atoms with Crippen molar-refractivity contribution in [1.29, 1.82) is 0 Å². The molecule has 32 heavy (non-hydrogen) atoms. The number of aliphatic hydroxyl groups is 1. The van der Waals surface area contributed by atoms with Crippen LogP contribution >= 0.6 is 0 Å². The molecule has 2 amide bonds. The Morgan fingerprint density at radius 3 is 2.72 bits per heavy atom. The number of rotatable bonds is 4. The molecule has 2 aliphatic rings. The standard InChI is InChI=1S/C23H24N6O3/c1-32-20-12-14(29-10-8-15(30)9-11-29)6-7-18(20)25-22-24-13-19-21(28-22)16-4-2-3-5-17(16)26-23(31)27-19/h2-7,12-13,15,30H,8-11H2,1H3,(H,24,25,28)(H2,26,27,31). The molecule has 0 saturated carbocycles. The number of urea groups is 1. The van der Waals surface area contributed by atoms with Gasteiger partial charge < -0.3 is 30.7 Å². The molecule has 9 nitrogen and oxygen atoms in total. The lowest BCUT2D eigenvalue weighted by atomic mass is 10.1. The van der Waals surface area contributed by atoms with E-state index in [1.165, 1.54) is 0 Å². The summed E-state index contributed by atoms with van der Waals surface area (Å²) >= 11 is 0. The molecule has 0 bridgehead atoms. The fourth-order valence-electron chi connectivity index (χ4n) is 4.04. The normalized spacial score (nSPS) is 15.7. The Kier molecular flexibility index (Phi) is 5.24. The van der Waals surface area contributed by atoms with Crippen LogP contribution in [0.5, 0.6) is 5.75 Å². The second-order valence-corrected chi connectivity index (χ2v) is 7.81. The first kappa shape index (κ1) is 20.1. The van der Waals surface area contributed by atoms with Crippen LogP contribution in [0.1, 0.15) is 12.8 Å². The smallest absolute Gasteiger partial charge is 0.323 e. The number of carbonyl (C=O) groups excluding carboxylic acids is 1. The number of nitrogens with one attached hydrogen (secondary N) is 3. The molecule has 1 fully saturated rings. The second-order valence-electron chi connectivity index (χ2n) is 7.81. The van der Waals surface area contributed by atoms with E-state index in [1.807, 2.05) is 42.5 Å². The lowest BCUT2D eigenvalue weighted by molar-refractivity contribution is 0.145. The molecule has 1 saturated heterocycles. The van der Waals surface area contributed by atoms with Crippen molar-refractivity contribution in [1.82, 2.24) is 9.97 Å². The molecule has 1 aromatic heterocycles. The number of benzene rings is 2. The highest BCUT2D eigenvalue weighted by molar-refractivity contribution is 6.07. The van der Waals surface area contributed by atoms with Crippen LogP contribution in [0.25, 0.3) is 11.3 Å². The molecule has 3 aromatic rings. The molecule has 2 aliphatic heterocycles. The van der Waals surface area contributed by atoms with Gasteiger partial charge in [-0.1, -0.05) is 18.2 Å². The average molecular weight is 432 g/mol. The molecule has 0 radical (unpaired) electrons. The van der Waals surface area contributed by atoms with Gasteiger partial charge in [-0.15, -0.1) is 0 Å². The summed E-state index contributed by atoms with van der Waals surface area (Å²) in [5.74, 6) is 1.06. The van der Waals surface area contributed by atoms with Gasteiger partial charge >= 0.3 is 6.03 Å². The van der Waals surface area contributed by atoms with Crippen LogP contribution in [0.2, 0.25) is 0 Å². The summed E-state index contributed by atoms with van der Waals surface area (Å²) in [6, 6.07) is 13.1. The van der Waals surface area contributed by atoms with E-state index in [4.69, 9.17) is 4.74 Å². The lowest BCUT2D eigenvalue weighted by Gasteiger charge is -2.31. The van der Waals surface area contributed by atoms with Gasteiger partial charge in [-0.3, -0.25) is 0 Å². The zero-order chi connectivity index (χ0) is 22.1. The van der Waals surface area contributed by atoms with Gasteiger partial charge in [0.1, 0.15) is 11.4 Å². The number of amides is 2. The molecule has 3 heterocycles. The van der Waals surface area contributed by atoms with E-state index < -0.39 is 0 Å². The molecule has 2 aromatic carbocycles. The summed E-state index contributed by atoms with van der Waals surface area (Å²) in [5, 5.41) is 18.6. The van der Waals surface area contributed by atoms with E-state index in [0.717, 1.165) is 42.9 Å². The van der Waals surface area contributed by atoms with Crippen molar-refractivity contribution >= 4 is 34.7 Å². The summed E-state index contributed by atoms with van der Waals surface area (Å²) in [6.07, 6.45) is 2.90. The summed E-state index contributed by atoms with van der Waals surface area (Å²) < 4.78 is 5.61. The van der Waals surface area contributed by atoms with Crippen molar-refractivity contribution in [2.75, 3.05) is 41.0 Å². The van der Waals surface area contributed by atoms with Crippen molar-refractivity contribution in [2.45, 2.75) is 18.9 Å². The fraction of sp³-hybridized carbons (Fsp3) is 0.261. The lowest BCUT2D eigenvalue weighted by Crippen LogP contribution is -2.35. The number of nitrogens with zero attached hydrogens (tertiary/aromatic N) is 3. The number of para-hydroxylation sites is 1. The number of hydrogen-bond donors (Lipinski definition) is 4. The molecule has 0 unspecified atom stereocenters. The van der Waals surface area contributed by atoms with Crippen molar-refractivity contribution < 1.29 is 14.6 Å². The van der Waals surface area contributed by atoms with E-state index in [-0.39, 0.29) is 12.1 Å². The average Bonchev–Trinajstić information content (AvgIpc) is 2.95. The molecule has 0 atom stereocenters. The SMILES string of the molecule is COc1cc(N2CCC(O)CC2)ccc1Nc1ncc2c(n1)-c1ccccc1NC(=O)N2. The van der Waals surface area contributed by atoms with Gasteiger partial charge in [0, 0.05) is 30.4 Å². The Labute approximate surface area is 185 Å². The molecular formula is C23H24N6O3. The van der Waals surface area contributed by atoms with Crippen LogP contribution in [0.15, 0.2) is 48.7 Å². The predicted molar refractivity (Wildman–Crippen MR) is 124 cm³/mol. The van der Waals surface area contributed by atoms with Crippen LogP contribution < -0.4 is 25.6 Å². The number of aromatic nitrogens is 2. The minimum atomic E-state index is -0.331. The Morgan fingerprint density at radius 1 is 1.12 bits per heavy atom. The molecule has 164 valence electrons. The Bertz CT molecular complexity index is 1160. The van der Waals surface area contributed by atoms with Crippen molar-refractivity contribution in [3.05, 3.63) is 48.7 Å². The van der Waals surface area contributed by atoms with Crippen LogP contribution in [0.4, 0.5) is 33.5 Å². The van der Waals surface area contributed by atoms with Crippen LogP contribution in [-0.4, -0.2) is 47.4 Å². The zero-order valence-electron chi connectivity index (χ0n) is 17.6. The maximum Gasteiger partial charge on any atom is 0.323 e. The largest absolute Gasteiger partial charge is 0.494 e. The number of hydrogen-bond acceptors (Lipinski definition) is 7. The maximum atomic E-state index is 12.1. The minimum absolute atomic E-state index is 0.218. The summed E-state index contributed by atoms with van der Waals surface area (Å²) in [7, 11) is 1.62. The molecule has 9 heteroatoms. The topological polar surface area (TPSA) is 112 Å². The number of aliphatic hydroxyl groups excluding tert-OH is 1. The van der Waals surface area contributed by atoms with Gasteiger partial charge in [-0.2, -0.15) is 0 Å². The Morgan fingerprint density at radius 2 is 1.91 bits per heavy atom. The summed E-state index contributed by atoms with van der Waals surface area (Å²) in [6.45, 7) is 1.62. The maximum absolute atomic E-state index is 12.1. The summed E-state index contributed by atoms with van der Waals surface area (Å²) in [5.41, 5.74) is 4.43. The van der Waals surface area contributed by atoms with Crippen LogP contribution in [-0.2, 0) is 0 Å². The highest BCUT2D eigenvalue weighted by atomic mass is 16.5. The van der Waals surface area contributed by atoms with Gasteiger partial charge in [0.2, 0.25) is 5.95 Å². The highest BCUT2D eigenvalue weighted by Gasteiger charge is 2.21. The number of piperidine rings is 1. The predicted octanol–water partition coefficient (Wildman–Crippen LogP) is 3.81.